The molecular weight excluding hydrogens is 380 g/mol. The first kappa shape index (κ1) is 20.4. The summed E-state index contributed by atoms with van der Waals surface area (Å²) in [4.78, 5) is 29.6. The molecular formula is C23H30N4O3. The Kier molecular flexibility index (Phi) is 5.08. The second-order valence-corrected chi connectivity index (χ2v) is 9.29. The molecule has 0 radical (unpaired) electrons. The number of amides is 2. The summed E-state index contributed by atoms with van der Waals surface area (Å²) >= 11 is 0. The van der Waals surface area contributed by atoms with Gasteiger partial charge >= 0.3 is 0 Å². The monoisotopic (exact) mass is 410 g/mol. The summed E-state index contributed by atoms with van der Waals surface area (Å²) in [7, 11) is 1.60. The Labute approximate surface area is 177 Å². The van der Waals surface area contributed by atoms with Crippen LogP contribution in [0.5, 0.6) is 5.75 Å². The van der Waals surface area contributed by atoms with Gasteiger partial charge in [-0.25, -0.2) is 0 Å². The molecule has 0 bridgehead atoms. The molecule has 2 aromatic rings. The summed E-state index contributed by atoms with van der Waals surface area (Å²) in [5.41, 5.74) is 4.02. The Hall–Kier alpha value is -2.83. The molecule has 2 aliphatic heterocycles. The fraction of sp³-hybridized carbons (Fsp3) is 0.522. The van der Waals surface area contributed by atoms with Gasteiger partial charge in [0.15, 0.2) is 0 Å². The van der Waals surface area contributed by atoms with Gasteiger partial charge in [0, 0.05) is 43.7 Å². The summed E-state index contributed by atoms with van der Waals surface area (Å²) in [6, 6.07) is 5.76. The average Bonchev–Trinajstić information content (AvgIpc) is 3.30. The van der Waals surface area contributed by atoms with E-state index >= 15 is 0 Å². The van der Waals surface area contributed by atoms with Crippen molar-refractivity contribution in [2.24, 2.45) is 5.92 Å². The molecule has 7 nitrogen and oxygen atoms in total. The topological polar surface area (TPSA) is 67.7 Å². The molecule has 2 amide bonds. The zero-order chi connectivity index (χ0) is 21.6. The first-order valence-corrected chi connectivity index (χ1v) is 10.5. The number of aromatic nitrogens is 2. The summed E-state index contributed by atoms with van der Waals surface area (Å²) in [5.74, 6) is 0.336. The van der Waals surface area contributed by atoms with Crippen molar-refractivity contribution in [2.45, 2.75) is 52.6 Å². The Balaban J connectivity index is 1.50. The van der Waals surface area contributed by atoms with Crippen LogP contribution in [0, 0.1) is 12.8 Å². The van der Waals surface area contributed by atoms with Crippen LogP contribution >= 0.6 is 0 Å². The third-order valence-electron chi connectivity index (χ3n) is 5.98. The Morgan fingerprint density at radius 2 is 2.03 bits per heavy atom. The molecule has 0 N–H and O–H groups in total. The molecule has 1 atom stereocenters. The van der Waals surface area contributed by atoms with E-state index < -0.39 is 0 Å². The van der Waals surface area contributed by atoms with Crippen molar-refractivity contribution < 1.29 is 14.3 Å². The standard InChI is InChI=1S/C23H30N4O3/c1-15-6-7-20(30-5)19(10-15)26-14-16(11-21(26)28)22(29)25-9-8-18-17(13-25)12-24-27(18)23(2,3)4/h6-7,10,12,16H,8-9,11,13-14H2,1-5H3. The van der Waals surface area contributed by atoms with E-state index in [1.165, 1.54) is 5.69 Å². The lowest BCUT2D eigenvalue weighted by atomic mass is 10.0. The quantitative estimate of drug-likeness (QED) is 0.780. The lowest BCUT2D eigenvalue weighted by molar-refractivity contribution is -0.136. The number of carbonyl (C=O) groups excluding carboxylic acids is 2. The molecule has 1 fully saturated rings. The number of anilines is 1. The predicted molar refractivity (Wildman–Crippen MR) is 115 cm³/mol. The lowest BCUT2D eigenvalue weighted by Crippen LogP contribution is -2.41. The fourth-order valence-electron chi connectivity index (χ4n) is 4.47. The number of benzene rings is 1. The van der Waals surface area contributed by atoms with E-state index in [1.54, 1.807) is 12.0 Å². The largest absolute Gasteiger partial charge is 0.495 e. The van der Waals surface area contributed by atoms with Gasteiger partial charge in [0.2, 0.25) is 11.8 Å². The molecule has 160 valence electrons. The van der Waals surface area contributed by atoms with Gasteiger partial charge < -0.3 is 14.5 Å². The first-order chi connectivity index (χ1) is 14.2. The third kappa shape index (κ3) is 3.57. The van der Waals surface area contributed by atoms with Crippen LogP contribution in [0.1, 0.15) is 44.0 Å². The van der Waals surface area contributed by atoms with Gasteiger partial charge in [-0.05, 0) is 45.4 Å². The minimum absolute atomic E-state index is 0.0319. The van der Waals surface area contributed by atoms with Crippen molar-refractivity contribution in [3.63, 3.8) is 0 Å². The van der Waals surface area contributed by atoms with Gasteiger partial charge in [-0.3, -0.25) is 14.3 Å². The summed E-state index contributed by atoms with van der Waals surface area (Å²) < 4.78 is 7.51. The van der Waals surface area contributed by atoms with Crippen molar-refractivity contribution in [1.82, 2.24) is 14.7 Å². The highest BCUT2D eigenvalue weighted by atomic mass is 16.5. The highest BCUT2D eigenvalue weighted by Gasteiger charge is 2.39. The molecule has 0 saturated carbocycles. The number of hydrogen-bond acceptors (Lipinski definition) is 4. The van der Waals surface area contributed by atoms with Crippen molar-refractivity contribution >= 4 is 17.5 Å². The van der Waals surface area contributed by atoms with Gasteiger partial charge in [-0.1, -0.05) is 6.07 Å². The van der Waals surface area contributed by atoms with E-state index in [2.05, 4.69) is 30.6 Å². The van der Waals surface area contributed by atoms with Crippen molar-refractivity contribution in [1.29, 1.82) is 0 Å². The highest BCUT2D eigenvalue weighted by Crippen LogP contribution is 2.35. The number of methoxy groups -OCH3 is 1. The predicted octanol–water partition coefficient (Wildman–Crippen LogP) is 2.89. The molecule has 0 aliphatic carbocycles. The SMILES string of the molecule is COc1ccc(C)cc1N1CC(C(=O)N2CCc3c(cnn3C(C)(C)C)C2)CC1=O. The van der Waals surface area contributed by atoms with Gasteiger partial charge in [0.25, 0.3) is 0 Å². The number of hydrogen-bond donors (Lipinski definition) is 0. The van der Waals surface area contributed by atoms with E-state index in [0.717, 1.165) is 23.2 Å². The number of ether oxygens (including phenoxy) is 1. The zero-order valence-electron chi connectivity index (χ0n) is 18.4. The van der Waals surface area contributed by atoms with Crippen LogP contribution in [-0.2, 0) is 28.1 Å². The Morgan fingerprint density at radius 3 is 2.73 bits per heavy atom. The van der Waals surface area contributed by atoms with Crippen LogP contribution < -0.4 is 9.64 Å². The lowest BCUT2D eigenvalue weighted by Gasteiger charge is -2.31. The van der Waals surface area contributed by atoms with Crippen LogP contribution in [0.3, 0.4) is 0 Å². The number of aryl methyl sites for hydroxylation is 1. The Morgan fingerprint density at radius 1 is 1.27 bits per heavy atom. The number of nitrogens with zero attached hydrogens (tertiary/aromatic N) is 4. The minimum Gasteiger partial charge on any atom is -0.495 e. The molecule has 1 saturated heterocycles. The normalized spacial score (nSPS) is 19.2. The first-order valence-electron chi connectivity index (χ1n) is 10.5. The van der Waals surface area contributed by atoms with Gasteiger partial charge in [-0.2, -0.15) is 5.10 Å². The molecule has 30 heavy (non-hydrogen) atoms. The van der Waals surface area contributed by atoms with E-state index in [1.807, 2.05) is 36.2 Å². The van der Waals surface area contributed by atoms with Gasteiger partial charge in [0.05, 0.1) is 30.5 Å². The van der Waals surface area contributed by atoms with Crippen LogP contribution in [0.15, 0.2) is 24.4 Å². The maximum absolute atomic E-state index is 13.2. The smallest absolute Gasteiger partial charge is 0.228 e. The second kappa shape index (κ2) is 7.45. The number of carbonyl (C=O) groups is 2. The highest BCUT2D eigenvalue weighted by molar-refractivity contribution is 6.01. The van der Waals surface area contributed by atoms with Gasteiger partial charge in [-0.15, -0.1) is 0 Å². The molecule has 1 aromatic carbocycles. The third-order valence-corrected chi connectivity index (χ3v) is 5.98. The van der Waals surface area contributed by atoms with Crippen LogP contribution in [0.4, 0.5) is 5.69 Å². The van der Waals surface area contributed by atoms with Crippen molar-refractivity contribution in [2.75, 3.05) is 25.1 Å². The Bertz CT molecular complexity index is 989. The summed E-state index contributed by atoms with van der Waals surface area (Å²) in [5, 5.41) is 4.55. The molecule has 0 spiro atoms. The molecule has 1 aromatic heterocycles. The maximum atomic E-state index is 13.2. The van der Waals surface area contributed by atoms with E-state index in [4.69, 9.17) is 4.74 Å². The zero-order valence-corrected chi connectivity index (χ0v) is 18.4. The van der Waals surface area contributed by atoms with E-state index in [9.17, 15) is 9.59 Å². The van der Waals surface area contributed by atoms with Crippen LogP contribution in [0.25, 0.3) is 0 Å². The van der Waals surface area contributed by atoms with Crippen molar-refractivity contribution in [3.05, 3.63) is 41.2 Å². The molecule has 1 unspecified atom stereocenters. The fourth-order valence-corrected chi connectivity index (χ4v) is 4.47. The summed E-state index contributed by atoms with van der Waals surface area (Å²) in [6.07, 6.45) is 2.90. The molecule has 7 heteroatoms. The van der Waals surface area contributed by atoms with E-state index in [0.29, 0.717) is 25.4 Å². The number of fused-ring (bicyclic) bond motifs is 1. The van der Waals surface area contributed by atoms with Gasteiger partial charge in [0.1, 0.15) is 5.75 Å². The maximum Gasteiger partial charge on any atom is 0.228 e. The molecule has 4 rings (SSSR count). The molecule has 3 heterocycles. The number of rotatable bonds is 3. The van der Waals surface area contributed by atoms with Crippen molar-refractivity contribution in [3.8, 4) is 5.75 Å². The average molecular weight is 411 g/mol. The van der Waals surface area contributed by atoms with Crippen LogP contribution in [-0.4, -0.2) is 46.7 Å². The summed E-state index contributed by atoms with van der Waals surface area (Å²) in [6.45, 7) is 9.99. The van der Waals surface area contributed by atoms with E-state index in [-0.39, 0.29) is 29.7 Å². The minimum atomic E-state index is -0.332. The molecule has 2 aliphatic rings. The second-order valence-electron chi connectivity index (χ2n) is 9.29. The van der Waals surface area contributed by atoms with Crippen LogP contribution in [0.2, 0.25) is 0 Å².